The maximum atomic E-state index is 5.97. The van der Waals surface area contributed by atoms with Crippen molar-refractivity contribution in [2.24, 2.45) is 5.73 Å². The number of piperidine rings is 1. The zero-order valence-electron chi connectivity index (χ0n) is 12.4. The fourth-order valence-electron chi connectivity index (χ4n) is 3.47. The van der Waals surface area contributed by atoms with Crippen LogP contribution < -0.4 is 16.4 Å². The summed E-state index contributed by atoms with van der Waals surface area (Å²) in [4.78, 5) is 14.7. The molecule has 0 radical (unpaired) electrons. The number of aromatic amines is 1. The Morgan fingerprint density at radius 1 is 1.27 bits per heavy atom. The van der Waals surface area contributed by atoms with E-state index in [1.807, 2.05) is 18.2 Å². The number of fused-ring (bicyclic) bond motifs is 3. The van der Waals surface area contributed by atoms with Crippen LogP contribution in [0.25, 0.3) is 21.9 Å². The summed E-state index contributed by atoms with van der Waals surface area (Å²) in [5.41, 5.74) is 14.6. The molecule has 1 aliphatic rings. The van der Waals surface area contributed by atoms with Gasteiger partial charge in [0.25, 0.3) is 0 Å². The number of nitrogen functional groups attached to an aromatic ring is 1. The number of benzene rings is 1. The highest BCUT2D eigenvalue weighted by atomic mass is 15.2. The summed E-state index contributed by atoms with van der Waals surface area (Å²) in [6.45, 7) is 1.64. The molecule has 1 saturated heterocycles. The topological polar surface area (TPSA) is 96.8 Å². The molecule has 1 aliphatic heterocycles. The van der Waals surface area contributed by atoms with Crippen LogP contribution >= 0.6 is 0 Å². The summed E-state index contributed by atoms with van der Waals surface area (Å²) in [6, 6.07) is 6.22. The highest BCUT2D eigenvalue weighted by molar-refractivity contribution is 6.12. The van der Waals surface area contributed by atoms with Gasteiger partial charge in [-0.25, -0.2) is 9.97 Å². The maximum Gasteiger partial charge on any atom is 0.143 e. The molecule has 3 heterocycles. The summed E-state index contributed by atoms with van der Waals surface area (Å²) in [5, 5.41) is 2.12. The highest BCUT2D eigenvalue weighted by Crippen LogP contribution is 2.34. The van der Waals surface area contributed by atoms with E-state index < -0.39 is 0 Å². The van der Waals surface area contributed by atoms with Crippen LogP contribution in [0.1, 0.15) is 19.3 Å². The normalized spacial score (nSPS) is 19.1. The number of rotatable bonds is 2. The highest BCUT2D eigenvalue weighted by Gasteiger charge is 2.25. The van der Waals surface area contributed by atoms with Gasteiger partial charge in [0, 0.05) is 35.7 Å². The van der Waals surface area contributed by atoms with E-state index in [2.05, 4.69) is 19.9 Å². The van der Waals surface area contributed by atoms with E-state index in [9.17, 15) is 0 Å². The van der Waals surface area contributed by atoms with Crippen LogP contribution in [0.3, 0.4) is 0 Å². The van der Waals surface area contributed by atoms with Crippen molar-refractivity contribution in [1.82, 2.24) is 15.0 Å². The lowest BCUT2D eigenvalue weighted by molar-refractivity contribution is 0.463. The Hall–Kier alpha value is -2.34. The van der Waals surface area contributed by atoms with Crippen LogP contribution in [0.4, 0.5) is 11.5 Å². The van der Waals surface area contributed by atoms with Crippen molar-refractivity contribution in [1.29, 1.82) is 0 Å². The van der Waals surface area contributed by atoms with E-state index in [0.29, 0.717) is 12.6 Å². The summed E-state index contributed by atoms with van der Waals surface area (Å²) in [7, 11) is 0. The van der Waals surface area contributed by atoms with Crippen LogP contribution in [0.2, 0.25) is 0 Å². The number of hydrogen-bond acceptors (Lipinski definition) is 5. The van der Waals surface area contributed by atoms with Crippen molar-refractivity contribution < 1.29 is 0 Å². The molecule has 3 aromatic rings. The molecule has 1 atom stereocenters. The van der Waals surface area contributed by atoms with Gasteiger partial charge in [-0.05, 0) is 37.5 Å². The Morgan fingerprint density at radius 2 is 2.18 bits per heavy atom. The Balaban J connectivity index is 1.96. The minimum atomic E-state index is 0.345. The van der Waals surface area contributed by atoms with E-state index in [4.69, 9.17) is 11.5 Å². The molecule has 0 amide bonds. The van der Waals surface area contributed by atoms with Gasteiger partial charge in [0.1, 0.15) is 17.8 Å². The van der Waals surface area contributed by atoms with Crippen LogP contribution in [0.15, 0.2) is 24.5 Å². The van der Waals surface area contributed by atoms with Gasteiger partial charge in [-0.2, -0.15) is 0 Å². The number of anilines is 2. The van der Waals surface area contributed by atoms with Gasteiger partial charge in [0.15, 0.2) is 0 Å². The molecular weight excluding hydrogens is 276 g/mol. The molecule has 114 valence electrons. The summed E-state index contributed by atoms with van der Waals surface area (Å²) in [5.74, 6) is 0.969. The van der Waals surface area contributed by atoms with Gasteiger partial charge in [-0.1, -0.05) is 0 Å². The molecule has 1 unspecified atom stereocenters. The molecular formula is C16H20N6. The first-order valence-electron chi connectivity index (χ1n) is 7.76. The molecule has 5 N–H and O–H groups in total. The van der Waals surface area contributed by atoms with Crippen molar-refractivity contribution in [2.45, 2.75) is 25.3 Å². The third kappa shape index (κ3) is 1.99. The van der Waals surface area contributed by atoms with E-state index in [1.165, 1.54) is 12.8 Å². The van der Waals surface area contributed by atoms with Crippen molar-refractivity contribution >= 4 is 33.4 Å². The summed E-state index contributed by atoms with van der Waals surface area (Å²) >= 11 is 0. The standard InChI is InChI=1S/C16H20N6/c17-8-11-3-1-2-6-22(11)16-14-12-7-10(18)4-5-13(12)21-15(14)19-9-20-16/h4-5,7,9,11H,1-3,6,8,17-18H2,(H,19,20,21). The molecule has 6 nitrogen and oxygen atoms in total. The predicted molar refractivity (Wildman–Crippen MR) is 89.8 cm³/mol. The van der Waals surface area contributed by atoms with Gasteiger partial charge in [-0.3, -0.25) is 0 Å². The average molecular weight is 296 g/mol. The smallest absolute Gasteiger partial charge is 0.143 e. The Bertz CT molecular complexity index is 824. The SMILES string of the molecule is NCC1CCCCN1c1ncnc2[nH]c3ccc(N)cc3c12. The van der Waals surface area contributed by atoms with Crippen molar-refractivity contribution in [3.8, 4) is 0 Å². The lowest BCUT2D eigenvalue weighted by Gasteiger charge is -2.36. The lowest BCUT2D eigenvalue weighted by atomic mass is 10.0. The average Bonchev–Trinajstić information content (AvgIpc) is 2.92. The molecule has 6 heteroatoms. The van der Waals surface area contributed by atoms with E-state index in [0.717, 1.165) is 46.4 Å². The Morgan fingerprint density at radius 3 is 3.05 bits per heavy atom. The lowest BCUT2D eigenvalue weighted by Crippen LogP contribution is -2.44. The first kappa shape index (κ1) is 13.3. The van der Waals surface area contributed by atoms with Gasteiger partial charge in [0.05, 0.1) is 5.39 Å². The minimum Gasteiger partial charge on any atom is -0.399 e. The zero-order valence-corrected chi connectivity index (χ0v) is 12.4. The van der Waals surface area contributed by atoms with Crippen LogP contribution in [-0.2, 0) is 0 Å². The van der Waals surface area contributed by atoms with Gasteiger partial charge in [0.2, 0.25) is 0 Å². The Labute approximate surface area is 128 Å². The summed E-state index contributed by atoms with van der Waals surface area (Å²) in [6.07, 6.45) is 5.14. The molecule has 0 aliphatic carbocycles. The van der Waals surface area contributed by atoms with Crippen LogP contribution in [0, 0.1) is 0 Å². The fourth-order valence-corrected chi connectivity index (χ4v) is 3.47. The van der Waals surface area contributed by atoms with E-state index in [1.54, 1.807) is 6.33 Å². The monoisotopic (exact) mass is 296 g/mol. The van der Waals surface area contributed by atoms with Crippen molar-refractivity contribution in [3.05, 3.63) is 24.5 Å². The first-order valence-corrected chi connectivity index (χ1v) is 7.76. The number of nitrogens with zero attached hydrogens (tertiary/aromatic N) is 3. The van der Waals surface area contributed by atoms with Gasteiger partial charge < -0.3 is 21.4 Å². The quantitative estimate of drug-likeness (QED) is 0.629. The predicted octanol–water partition coefficient (Wildman–Crippen LogP) is 2.01. The van der Waals surface area contributed by atoms with Crippen molar-refractivity contribution in [3.63, 3.8) is 0 Å². The molecule has 0 saturated carbocycles. The number of aromatic nitrogens is 3. The number of nitrogens with two attached hydrogens (primary N) is 2. The van der Waals surface area contributed by atoms with E-state index >= 15 is 0 Å². The number of H-pyrrole nitrogens is 1. The number of nitrogens with one attached hydrogen (secondary N) is 1. The second kappa shape index (κ2) is 5.14. The summed E-state index contributed by atoms with van der Waals surface area (Å²) < 4.78 is 0. The molecule has 4 rings (SSSR count). The fraction of sp³-hybridized carbons (Fsp3) is 0.375. The number of hydrogen-bond donors (Lipinski definition) is 3. The maximum absolute atomic E-state index is 5.97. The van der Waals surface area contributed by atoms with Gasteiger partial charge >= 0.3 is 0 Å². The molecule has 2 aromatic heterocycles. The third-order valence-electron chi connectivity index (χ3n) is 4.56. The molecule has 0 bridgehead atoms. The van der Waals surface area contributed by atoms with Crippen molar-refractivity contribution in [2.75, 3.05) is 23.7 Å². The third-order valence-corrected chi connectivity index (χ3v) is 4.56. The zero-order chi connectivity index (χ0) is 15.1. The molecule has 1 fully saturated rings. The molecule has 0 spiro atoms. The van der Waals surface area contributed by atoms with Crippen LogP contribution in [0.5, 0.6) is 0 Å². The first-order chi connectivity index (χ1) is 10.8. The largest absolute Gasteiger partial charge is 0.399 e. The Kier molecular flexibility index (Phi) is 3.11. The second-order valence-electron chi connectivity index (χ2n) is 5.93. The molecule has 1 aromatic carbocycles. The van der Waals surface area contributed by atoms with Gasteiger partial charge in [-0.15, -0.1) is 0 Å². The minimum absolute atomic E-state index is 0.345. The van der Waals surface area contributed by atoms with E-state index in [-0.39, 0.29) is 0 Å². The molecule has 22 heavy (non-hydrogen) atoms. The second-order valence-corrected chi connectivity index (χ2v) is 5.93. The van der Waals surface area contributed by atoms with Crippen LogP contribution in [-0.4, -0.2) is 34.1 Å².